The number of aryl methyl sites for hydroxylation is 2. The van der Waals surface area contributed by atoms with E-state index in [9.17, 15) is 4.79 Å². The van der Waals surface area contributed by atoms with E-state index < -0.39 is 12.1 Å². The summed E-state index contributed by atoms with van der Waals surface area (Å²) in [5.74, 6) is 0.667. The average molecular weight is 424 g/mol. The van der Waals surface area contributed by atoms with E-state index in [0.29, 0.717) is 11.3 Å². The van der Waals surface area contributed by atoms with E-state index in [-0.39, 0.29) is 6.61 Å². The number of rotatable bonds is 2. The first kappa shape index (κ1) is 20.3. The van der Waals surface area contributed by atoms with E-state index in [0.717, 1.165) is 44.5 Å². The van der Waals surface area contributed by atoms with Crippen molar-refractivity contribution in [2.75, 3.05) is 7.11 Å². The first-order chi connectivity index (χ1) is 15.5. The smallest absolute Gasteiger partial charge is 0.434 e. The number of aromatic nitrogens is 3. The lowest BCUT2D eigenvalue weighted by Crippen LogP contribution is -2.39. The van der Waals surface area contributed by atoms with Crippen LogP contribution >= 0.6 is 0 Å². The predicted octanol–water partition coefficient (Wildman–Crippen LogP) is 3.64. The molecular weight excluding hydrogens is 403 g/mol. The molecule has 3 heterocycles. The minimum Gasteiger partial charge on any atom is -0.451 e. The lowest BCUT2D eigenvalue weighted by atomic mass is 9.92. The van der Waals surface area contributed by atoms with E-state index in [1.54, 1.807) is 6.20 Å². The number of methoxy groups -OCH3 is 1. The molecule has 0 spiro atoms. The molecule has 32 heavy (non-hydrogen) atoms. The Kier molecular flexibility index (Phi) is 4.94. The Morgan fingerprint density at radius 3 is 2.81 bits per heavy atom. The molecule has 1 unspecified atom stereocenters. The standard InChI is InChI=1S/C24H21BN4O3/c1-13-10-15(4-6-17(13)23-26-9-8-14(2)27-23)22-21-19(12-32-29(22)24(30)31-3)18-11-16(25)5-7-20(18)28-21/h4-11,22,28H,12H2,1-3H3. The van der Waals surface area contributed by atoms with Crippen LogP contribution in [0.25, 0.3) is 22.3 Å². The molecule has 0 saturated heterocycles. The molecule has 1 aliphatic rings. The average Bonchev–Trinajstić information content (AvgIpc) is 3.15. The van der Waals surface area contributed by atoms with Gasteiger partial charge in [-0.25, -0.2) is 14.8 Å². The summed E-state index contributed by atoms with van der Waals surface area (Å²) in [6.45, 7) is 4.18. The van der Waals surface area contributed by atoms with Crippen LogP contribution in [0.5, 0.6) is 0 Å². The number of nitrogens with zero attached hydrogens (tertiary/aromatic N) is 3. The van der Waals surface area contributed by atoms with Gasteiger partial charge in [0.2, 0.25) is 0 Å². The van der Waals surface area contributed by atoms with Gasteiger partial charge in [-0.15, -0.1) is 0 Å². The number of carbonyl (C=O) groups excluding carboxylic acids is 1. The number of hydrogen-bond acceptors (Lipinski definition) is 5. The van der Waals surface area contributed by atoms with Gasteiger partial charge in [-0.2, -0.15) is 5.06 Å². The molecule has 7 nitrogen and oxygen atoms in total. The summed E-state index contributed by atoms with van der Waals surface area (Å²) in [7, 11) is 7.35. The Labute approximate surface area is 186 Å². The van der Waals surface area contributed by atoms with Gasteiger partial charge in [0.1, 0.15) is 20.5 Å². The zero-order chi connectivity index (χ0) is 22.4. The monoisotopic (exact) mass is 424 g/mol. The first-order valence-electron chi connectivity index (χ1n) is 10.3. The molecule has 4 aromatic rings. The molecule has 0 aliphatic carbocycles. The molecule has 2 aromatic heterocycles. The number of hydroxylamine groups is 2. The van der Waals surface area contributed by atoms with Crippen molar-refractivity contribution in [2.45, 2.75) is 26.5 Å². The normalized spacial score (nSPS) is 15.6. The Balaban J connectivity index is 1.65. The highest BCUT2D eigenvalue weighted by Crippen LogP contribution is 2.40. The summed E-state index contributed by atoms with van der Waals surface area (Å²) >= 11 is 0. The fraction of sp³-hybridized carbons (Fsp3) is 0.208. The summed E-state index contributed by atoms with van der Waals surface area (Å²) < 4.78 is 4.99. The van der Waals surface area contributed by atoms with Crippen LogP contribution in [0.1, 0.15) is 34.1 Å². The Morgan fingerprint density at radius 2 is 2.06 bits per heavy atom. The highest BCUT2D eigenvalue weighted by molar-refractivity contribution is 6.33. The molecule has 1 N–H and O–H groups in total. The number of benzene rings is 2. The number of aromatic amines is 1. The maximum absolute atomic E-state index is 12.6. The maximum Gasteiger partial charge on any atom is 0.434 e. The van der Waals surface area contributed by atoms with Crippen LogP contribution in [-0.2, 0) is 16.2 Å². The van der Waals surface area contributed by atoms with Crippen molar-refractivity contribution in [1.29, 1.82) is 0 Å². The van der Waals surface area contributed by atoms with E-state index in [1.807, 2.05) is 56.3 Å². The fourth-order valence-corrected chi connectivity index (χ4v) is 4.24. The van der Waals surface area contributed by atoms with Crippen LogP contribution in [0.4, 0.5) is 4.79 Å². The highest BCUT2D eigenvalue weighted by Gasteiger charge is 2.37. The topological polar surface area (TPSA) is 80.3 Å². The molecule has 5 rings (SSSR count). The van der Waals surface area contributed by atoms with Crippen LogP contribution in [0, 0.1) is 13.8 Å². The first-order valence-corrected chi connectivity index (χ1v) is 10.3. The summed E-state index contributed by atoms with van der Waals surface area (Å²) in [5, 5.41) is 2.26. The number of ether oxygens (including phenoxy) is 1. The SMILES string of the molecule is [B]c1ccc2[nH]c3c(c2c1)CON(C(=O)OC)C3c1ccc(-c2nccc(C)n2)c(C)c1. The number of nitrogens with one attached hydrogen (secondary N) is 1. The van der Waals surface area contributed by atoms with Crippen LogP contribution in [0.3, 0.4) is 0 Å². The summed E-state index contributed by atoms with van der Waals surface area (Å²) in [4.78, 5) is 30.8. The molecule has 2 radical (unpaired) electrons. The van der Waals surface area contributed by atoms with Crippen LogP contribution < -0.4 is 5.46 Å². The summed E-state index contributed by atoms with van der Waals surface area (Å²) in [6.07, 6.45) is 1.18. The summed E-state index contributed by atoms with van der Waals surface area (Å²) in [5.41, 5.74) is 7.16. The molecule has 8 heteroatoms. The Morgan fingerprint density at radius 1 is 1.22 bits per heavy atom. The van der Waals surface area contributed by atoms with Crippen molar-refractivity contribution in [3.05, 3.63) is 76.7 Å². The molecule has 1 atom stereocenters. The maximum atomic E-state index is 12.6. The second kappa shape index (κ2) is 7.80. The van der Waals surface area contributed by atoms with E-state index in [4.69, 9.17) is 17.4 Å². The van der Waals surface area contributed by atoms with Gasteiger partial charge in [-0.05, 0) is 37.1 Å². The lowest BCUT2D eigenvalue weighted by molar-refractivity contribution is -0.173. The fourth-order valence-electron chi connectivity index (χ4n) is 4.24. The van der Waals surface area contributed by atoms with Gasteiger partial charge < -0.3 is 9.72 Å². The second-order valence-corrected chi connectivity index (χ2v) is 7.89. The van der Waals surface area contributed by atoms with Crippen molar-refractivity contribution in [2.24, 2.45) is 0 Å². The molecule has 1 amide bonds. The minimum absolute atomic E-state index is 0.235. The Bertz CT molecular complexity index is 1350. The van der Waals surface area contributed by atoms with Crippen molar-refractivity contribution in [1.82, 2.24) is 20.0 Å². The number of amides is 1. The molecule has 2 aromatic carbocycles. The van der Waals surface area contributed by atoms with Crippen molar-refractivity contribution < 1.29 is 14.4 Å². The van der Waals surface area contributed by atoms with Gasteiger partial charge in [0, 0.05) is 33.9 Å². The van der Waals surface area contributed by atoms with Gasteiger partial charge in [0.25, 0.3) is 0 Å². The van der Waals surface area contributed by atoms with Gasteiger partial charge in [-0.3, -0.25) is 4.84 Å². The third-order valence-electron chi connectivity index (χ3n) is 5.78. The van der Waals surface area contributed by atoms with Crippen LogP contribution in [-0.4, -0.2) is 41.1 Å². The predicted molar refractivity (Wildman–Crippen MR) is 122 cm³/mol. The Hall–Kier alpha value is -3.65. The van der Waals surface area contributed by atoms with Gasteiger partial charge in [0.05, 0.1) is 12.8 Å². The largest absolute Gasteiger partial charge is 0.451 e. The number of carbonyl (C=O) groups is 1. The molecule has 0 fully saturated rings. The second-order valence-electron chi connectivity index (χ2n) is 7.89. The quantitative estimate of drug-likeness (QED) is 0.497. The van der Waals surface area contributed by atoms with Crippen LogP contribution in [0.2, 0.25) is 0 Å². The zero-order valence-corrected chi connectivity index (χ0v) is 18.0. The van der Waals surface area contributed by atoms with Gasteiger partial charge in [-0.1, -0.05) is 35.8 Å². The van der Waals surface area contributed by atoms with Crippen molar-refractivity contribution in [3.8, 4) is 11.4 Å². The third kappa shape index (κ3) is 3.33. The summed E-state index contributed by atoms with van der Waals surface area (Å²) in [6, 6.07) is 13.0. The zero-order valence-electron chi connectivity index (χ0n) is 18.0. The van der Waals surface area contributed by atoms with Crippen molar-refractivity contribution >= 4 is 30.3 Å². The molecular formula is C24H21BN4O3. The lowest BCUT2D eigenvalue weighted by Gasteiger charge is -2.34. The minimum atomic E-state index is -0.567. The van der Waals surface area contributed by atoms with E-state index in [2.05, 4.69) is 15.0 Å². The third-order valence-corrected chi connectivity index (χ3v) is 5.78. The number of fused-ring (bicyclic) bond motifs is 3. The molecule has 158 valence electrons. The van der Waals surface area contributed by atoms with E-state index in [1.165, 1.54) is 12.2 Å². The van der Waals surface area contributed by atoms with Crippen LogP contribution in [0.15, 0.2) is 48.7 Å². The molecule has 0 saturated carbocycles. The molecule has 1 aliphatic heterocycles. The highest BCUT2D eigenvalue weighted by atomic mass is 16.7. The van der Waals surface area contributed by atoms with Gasteiger partial charge in [0.15, 0.2) is 5.82 Å². The number of hydrogen-bond donors (Lipinski definition) is 1. The van der Waals surface area contributed by atoms with Crippen molar-refractivity contribution in [3.63, 3.8) is 0 Å². The number of H-pyrrole nitrogens is 1. The van der Waals surface area contributed by atoms with Gasteiger partial charge >= 0.3 is 6.09 Å². The van der Waals surface area contributed by atoms with E-state index >= 15 is 0 Å². The molecule has 0 bridgehead atoms.